The molecule has 0 bridgehead atoms. The third-order valence-corrected chi connectivity index (χ3v) is 2.21. The van der Waals surface area contributed by atoms with Crippen LogP contribution in [0.25, 0.3) is 10.8 Å². The molecule has 0 aliphatic carbocycles. The molecule has 0 saturated carbocycles. The second-order valence-electron chi connectivity index (χ2n) is 2.94. The van der Waals surface area contributed by atoms with Gasteiger partial charge in [0.15, 0.2) is 0 Å². The molecule has 55 valence electrons. The van der Waals surface area contributed by atoms with E-state index in [1.807, 2.05) is 18.2 Å². The van der Waals surface area contributed by atoms with Crippen LogP contribution in [0.2, 0.25) is 0 Å². The quantitative estimate of drug-likeness (QED) is 0.520. The van der Waals surface area contributed by atoms with E-state index in [9.17, 15) is 0 Å². The standard InChI is InChI=1S/C10H6BO/c1-3-7-4-2-6-9-10(7)8(5-1)11-12-9/h1-6H. The van der Waals surface area contributed by atoms with Crippen molar-refractivity contribution in [3.05, 3.63) is 36.4 Å². The molecule has 0 spiro atoms. The molecule has 1 aliphatic rings. The van der Waals surface area contributed by atoms with E-state index >= 15 is 0 Å². The van der Waals surface area contributed by atoms with Gasteiger partial charge in [-0.1, -0.05) is 30.3 Å². The Morgan fingerprint density at radius 3 is 2.75 bits per heavy atom. The predicted molar refractivity (Wildman–Crippen MR) is 50.0 cm³/mol. The topological polar surface area (TPSA) is 9.23 Å². The highest BCUT2D eigenvalue weighted by Gasteiger charge is 2.15. The second-order valence-corrected chi connectivity index (χ2v) is 2.94. The highest BCUT2D eigenvalue weighted by Crippen LogP contribution is 2.26. The average Bonchev–Trinajstić information content (AvgIpc) is 2.52. The highest BCUT2D eigenvalue weighted by atomic mass is 16.4. The van der Waals surface area contributed by atoms with E-state index in [4.69, 9.17) is 4.65 Å². The van der Waals surface area contributed by atoms with Crippen LogP contribution in [0.1, 0.15) is 0 Å². The molecule has 2 aromatic rings. The van der Waals surface area contributed by atoms with E-state index in [0.29, 0.717) is 0 Å². The summed E-state index contributed by atoms with van der Waals surface area (Å²) in [4.78, 5) is 0. The maximum Gasteiger partial charge on any atom is 0.409 e. The Hall–Kier alpha value is -1.44. The van der Waals surface area contributed by atoms with Gasteiger partial charge in [0.25, 0.3) is 0 Å². The van der Waals surface area contributed by atoms with Crippen molar-refractivity contribution in [1.29, 1.82) is 0 Å². The molecular formula is C10H6BO. The minimum absolute atomic E-state index is 0.975. The smallest absolute Gasteiger partial charge is 0.409 e. The first-order valence-electron chi connectivity index (χ1n) is 3.97. The fourth-order valence-electron chi connectivity index (χ4n) is 1.66. The molecule has 0 amide bonds. The Morgan fingerprint density at radius 2 is 1.83 bits per heavy atom. The van der Waals surface area contributed by atoms with Gasteiger partial charge < -0.3 is 4.65 Å². The summed E-state index contributed by atoms with van der Waals surface area (Å²) in [6.45, 7) is 0. The van der Waals surface area contributed by atoms with E-state index in [-0.39, 0.29) is 0 Å². The van der Waals surface area contributed by atoms with Crippen LogP contribution in [0.5, 0.6) is 5.75 Å². The third-order valence-electron chi connectivity index (χ3n) is 2.21. The molecule has 1 nitrogen and oxygen atoms in total. The summed E-state index contributed by atoms with van der Waals surface area (Å²) in [5.41, 5.74) is 1.18. The first-order chi connectivity index (χ1) is 5.95. The molecule has 0 aromatic heterocycles. The van der Waals surface area contributed by atoms with Crippen molar-refractivity contribution in [2.24, 2.45) is 0 Å². The number of hydrogen-bond donors (Lipinski definition) is 0. The highest BCUT2D eigenvalue weighted by molar-refractivity contribution is 6.55. The Kier molecular flexibility index (Phi) is 1.04. The van der Waals surface area contributed by atoms with Crippen LogP contribution in [-0.2, 0) is 0 Å². The molecule has 0 fully saturated rings. The molecule has 2 heteroatoms. The van der Waals surface area contributed by atoms with Crippen molar-refractivity contribution in [3.63, 3.8) is 0 Å². The van der Waals surface area contributed by atoms with Crippen LogP contribution >= 0.6 is 0 Å². The molecule has 1 heterocycles. The molecule has 0 unspecified atom stereocenters. The van der Waals surface area contributed by atoms with Gasteiger partial charge in [0.1, 0.15) is 5.75 Å². The van der Waals surface area contributed by atoms with Crippen molar-refractivity contribution in [2.45, 2.75) is 0 Å². The van der Waals surface area contributed by atoms with Gasteiger partial charge in [0, 0.05) is 5.39 Å². The van der Waals surface area contributed by atoms with Crippen molar-refractivity contribution in [2.75, 3.05) is 0 Å². The van der Waals surface area contributed by atoms with Gasteiger partial charge in [-0.2, -0.15) is 0 Å². The Bertz CT molecular complexity index is 412. The van der Waals surface area contributed by atoms with Crippen LogP contribution in [0.15, 0.2) is 36.4 Å². The number of hydrogen-bond acceptors (Lipinski definition) is 1. The molecular weight excluding hydrogens is 147 g/mol. The van der Waals surface area contributed by atoms with Crippen LogP contribution in [-0.4, -0.2) is 7.48 Å². The van der Waals surface area contributed by atoms with Crippen molar-refractivity contribution in [3.8, 4) is 5.75 Å². The summed E-state index contributed by atoms with van der Waals surface area (Å²) in [5.74, 6) is 0.975. The van der Waals surface area contributed by atoms with Gasteiger partial charge in [-0.15, -0.1) is 0 Å². The van der Waals surface area contributed by atoms with Crippen molar-refractivity contribution >= 4 is 23.7 Å². The van der Waals surface area contributed by atoms with Crippen molar-refractivity contribution < 1.29 is 4.65 Å². The third kappa shape index (κ3) is 0.645. The molecule has 2 aromatic carbocycles. The molecule has 1 aliphatic heterocycles. The lowest BCUT2D eigenvalue weighted by Gasteiger charge is -1.98. The Morgan fingerprint density at radius 1 is 1.00 bits per heavy atom. The molecule has 0 N–H and O–H groups in total. The maximum absolute atomic E-state index is 5.39. The zero-order valence-corrected chi connectivity index (χ0v) is 6.45. The largest absolute Gasteiger partial charge is 0.557 e. The zero-order chi connectivity index (χ0) is 7.97. The van der Waals surface area contributed by atoms with Gasteiger partial charge >= 0.3 is 7.48 Å². The normalized spacial score (nSPS) is 12.7. The Balaban J connectivity index is 2.58. The fourth-order valence-corrected chi connectivity index (χ4v) is 1.66. The summed E-state index contributed by atoms with van der Waals surface area (Å²) >= 11 is 0. The van der Waals surface area contributed by atoms with Gasteiger partial charge in [-0.3, -0.25) is 0 Å². The first kappa shape index (κ1) is 6.12. The summed E-state index contributed by atoms with van der Waals surface area (Å²) in [6.07, 6.45) is 0. The second kappa shape index (κ2) is 2.04. The zero-order valence-electron chi connectivity index (χ0n) is 6.45. The summed E-state index contributed by atoms with van der Waals surface area (Å²) < 4.78 is 5.39. The molecule has 0 atom stereocenters. The SMILES string of the molecule is [B]1Oc2cccc3cccc1c23. The fraction of sp³-hybridized carbons (Fsp3) is 0. The maximum atomic E-state index is 5.39. The van der Waals surface area contributed by atoms with Crippen LogP contribution in [0, 0.1) is 0 Å². The van der Waals surface area contributed by atoms with Crippen molar-refractivity contribution in [1.82, 2.24) is 0 Å². The van der Waals surface area contributed by atoms with E-state index in [2.05, 4.69) is 18.2 Å². The van der Waals surface area contributed by atoms with Gasteiger partial charge in [-0.25, -0.2) is 0 Å². The molecule has 0 saturated heterocycles. The lowest BCUT2D eigenvalue weighted by Crippen LogP contribution is -2.12. The van der Waals surface area contributed by atoms with E-state index in [0.717, 1.165) is 5.75 Å². The van der Waals surface area contributed by atoms with Crippen LogP contribution in [0.4, 0.5) is 0 Å². The van der Waals surface area contributed by atoms with Crippen LogP contribution in [0.3, 0.4) is 0 Å². The van der Waals surface area contributed by atoms with Gasteiger partial charge in [0.2, 0.25) is 0 Å². The predicted octanol–water partition coefficient (Wildman–Crippen LogP) is 1.48. The van der Waals surface area contributed by atoms with E-state index in [1.165, 1.54) is 16.2 Å². The first-order valence-corrected chi connectivity index (χ1v) is 3.97. The number of benzene rings is 2. The molecule has 3 rings (SSSR count). The Labute approximate surface area is 71.2 Å². The lowest BCUT2D eigenvalue weighted by atomic mass is 9.87. The summed E-state index contributed by atoms with van der Waals surface area (Å²) in [6, 6.07) is 12.3. The van der Waals surface area contributed by atoms with Crippen LogP contribution < -0.4 is 10.1 Å². The minimum Gasteiger partial charge on any atom is -0.557 e. The summed E-state index contributed by atoms with van der Waals surface area (Å²) in [5, 5.41) is 2.48. The lowest BCUT2D eigenvalue weighted by molar-refractivity contribution is 0.621. The molecule has 12 heavy (non-hydrogen) atoms. The number of rotatable bonds is 0. The average molecular weight is 153 g/mol. The molecule has 1 radical (unpaired) electrons. The minimum atomic E-state index is 0.975. The summed E-state index contributed by atoms with van der Waals surface area (Å²) in [7, 11) is 1.80. The van der Waals surface area contributed by atoms with Gasteiger partial charge in [0.05, 0.1) is 0 Å². The van der Waals surface area contributed by atoms with Gasteiger partial charge in [-0.05, 0) is 16.9 Å². The van der Waals surface area contributed by atoms with E-state index in [1.54, 1.807) is 7.48 Å². The monoisotopic (exact) mass is 153 g/mol. The van der Waals surface area contributed by atoms with E-state index < -0.39 is 0 Å².